The smallest absolute Gasteiger partial charge is 0.416 e. The number of benzene rings is 1. The Kier molecular flexibility index (Phi) is 4.15. The molecule has 0 N–H and O–H groups in total. The van der Waals surface area contributed by atoms with Gasteiger partial charge in [-0.25, -0.2) is 0 Å². The minimum Gasteiger partial charge on any atom is -0.437 e. The highest BCUT2D eigenvalue weighted by Crippen LogP contribution is 2.38. The van der Waals surface area contributed by atoms with Crippen LogP contribution in [0.15, 0.2) is 54.9 Å². The summed E-state index contributed by atoms with van der Waals surface area (Å²) in [6.45, 7) is 0. The molecule has 27 heavy (non-hydrogen) atoms. The van der Waals surface area contributed by atoms with E-state index in [0.29, 0.717) is 16.8 Å². The molecule has 0 aliphatic heterocycles. The van der Waals surface area contributed by atoms with Crippen molar-refractivity contribution < 1.29 is 17.9 Å². The molecule has 4 rings (SSSR count). The molecule has 0 aliphatic carbocycles. The van der Waals surface area contributed by atoms with E-state index in [0.717, 1.165) is 12.1 Å². The first-order valence-corrected chi connectivity index (χ1v) is 7.97. The Morgan fingerprint density at radius 2 is 1.74 bits per heavy atom. The number of alkyl halides is 3. The highest BCUT2D eigenvalue weighted by molar-refractivity contribution is 6.28. The Hall–Kier alpha value is -3.20. The lowest BCUT2D eigenvalue weighted by Gasteiger charge is -2.14. The first-order chi connectivity index (χ1) is 12.9. The average molecular weight is 392 g/mol. The largest absolute Gasteiger partial charge is 0.437 e. The first-order valence-electron chi connectivity index (χ1n) is 7.59. The summed E-state index contributed by atoms with van der Waals surface area (Å²) in [7, 11) is 0. The molecule has 0 saturated carbocycles. The zero-order valence-electron chi connectivity index (χ0n) is 13.4. The van der Waals surface area contributed by atoms with Gasteiger partial charge in [-0.05, 0) is 47.5 Å². The normalized spacial score (nSPS) is 11.7. The fourth-order valence-corrected chi connectivity index (χ4v) is 2.63. The van der Waals surface area contributed by atoms with Gasteiger partial charge in [0.2, 0.25) is 11.2 Å². The summed E-state index contributed by atoms with van der Waals surface area (Å²) in [5, 5.41) is 11.6. The zero-order chi connectivity index (χ0) is 19.0. The Morgan fingerprint density at radius 1 is 0.963 bits per heavy atom. The maximum atomic E-state index is 13.1. The average Bonchev–Trinajstić information content (AvgIpc) is 3.02. The van der Waals surface area contributed by atoms with Crippen molar-refractivity contribution in [1.82, 2.24) is 24.8 Å². The molecular formula is C17H9ClF3N5O. The van der Waals surface area contributed by atoms with Gasteiger partial charge >= 0.3 is 6.18 Å². The molecule has 3 aromatic heterocycles. The number of hydrogen-bond donors (Lipinski definition) is 0. The van der Waals surface area contributed by atoms with Gasteiger partial charge in [0, 0.05) is 24.0 Å². The third kappa shape index (κ3) is 3.41. The number of fused-ring (bicyclic) bond motifs is 1. The van der Waals surface area contributed by atoms with Crippen molar-refractivity contribution >= 4 is 17.2 Å². The monoisotopic (exact) mass is 391 g/mol. The molecule has 10 heteroatoms. The van der Waals surface area contributed by atoms with Gasteiger partial charge in [-0.1, -0.05) is 6.07 Å². The third-order valence-corrected chi connectivity index (χ3v) is 3.95. The minimum atomic E-state index is -4.51. The van der Waals surface area contributed by atoms with E-state index in [1.54, 1.807) is 18.2 Å². The molecule has 136 valence electrons. The van der Waals surface area contributed by atoms with Crippen molar-refractivity contribution in [2.45, 2.75) is 6.18 Å². The number of rotatable bonds is 3. The second-order valence-corrected chi connectivity index (χ2v) is 5.80. The van der Waals surface area contributed by atoms with Crippen LogP contribution in [0.25, 0.3) is 16.8 Å². The van der Waals surface area contributed by atoms with E-state index in [-0.39, 0.29) is 16.9 Å². The van der Waals surface area contributed by atoms with Gasteiger partial charge in [0.15, 0.2) is 5.65 Å². The van der Waals surface area contributed by atoms with Crippen molar-refractivity contribution in [2.24, 2.45) is 0 Å². The van der Waals surface area contributed by atoms with E-state index in [9.17, 15) is 13.2 Å². The molecule has 0 amide bonds. The highest BCUT2D eigenvalue weighted by Gasteiger charge is 2.31. The molecular weight excluding hydrogens is 383 g/mol. The van der Waals surface area contributed by atoms with Crippen LogP contribution < -0.4 is 4.74 Å². The summed E-state index contributed by atoms with van der Waals surface area (Å²) in [6.07, 6.45) is -1.43. The van der Waals surface area contributed by atoms with Crippen molar-refractivity contribution in [2.75, 3.05) is 0 Å². The number of halogens is 4. The standard InChI is InChI=1S/C17H9ClF3N5O/c18-16-24-23-14-3-4-15(25-26(14)16)27-13-9-11(17(19,20)21)1-2-12(13)10-5-7-22-8-6-10/h1-9H. The second-order valence-electron chi connectivity index (χ2n) is 5.46. The van der Waals surface area contributed by atoms with Gasteiger partial charge < -0.3 is 4.74 Å². The molecule has 6 nitrogen and oxygen atoms in total. The number of ether oxygens (including phenoxy) is 1. The van der Waals surface area contributed by atoms with Gasteiger partial charge in [0.1, 0.15) is 5.75 Å². The molecule has 3 heterocycles. The number of nitrogens with zero attached hydrogens (tertiary/aromatic N) is 5. The molecule has 0 unspecified atom stereocenters. The quantitative estimate of drug-likeness (QED) is 0.508. The summed E-state index contributed by atoms with van der Waals surface area (Å²) in [6, 6.07) is 9.62. The number of pyridine rings is 1. The summed E-state index contributed by atoms with van der Waals surface area (Å²) in [5.41, 5.74) is 0.656. The lowest BCUT2D eigenvalue weighted by Crippen LogP contribution is -2.05. The second kappa shape index (κ2) is 6.51. The molecule has 0 aliphatic rings. The van der Waals surface area contributed by atoms with Gasteiger partial charge in [-0.2, -0.15) is 17.7 Å². The molecule has 0 atom stereocenters. The molecule has 0 saturated heterocycles. The fraction of sp³-hybridized carbons (Fsp3) is 0.0588. The lowest BCUT2D eigenvalue weighted by molar-refractivity contribution is -0.137. The predicted octanol–water partition coefficient (Wildman–Crippen LogP) is 4.65. The molecule has 0 fully saturated rings. The maximum Gasteiger partial charge on any atom is 0.416 e. The van der Waals surface area contributed by atoms with Crippen LogP contribution in [0.3, 0.4) is 0 Å². The summed E-state index contributed by atoms with van der Waals surface area (Å²) >= 11 is 5.88. The van der Waals surface area contributed by atoms with Crippen LogP contribution in [0.4, 0.5) is 13.2 Å². The summed E-state index contributed by atoms with van der Waals surface area (Å²) in [5.74, 6) is 0.0332. The van der Waals surface area contributed by atoms with E-state index in [1.165, 1.54) is 29.0 Å². The van der Waals surface area contributed by atoms with Crippen molar-refractivity contribution in [1.29, 1.82) is 0 Å². The van der Waals surface area contributed by atoms with Gasteiger partial charge in [-0.3, -0.25) is 4.98 Å². The van der Waals surface area contributed by atoms with Crippen LogP contribution in [0, 0.1) is 0 Å². The van der Waals surface area contributed by atoms with Gasteiger partial charge in [-0.15, -0.1) is 15.3 Å². The first kappa shape index (κ1) is 17.2. The Balaban J connectivity index is 1.81. The summed E-state index contributed by atoms with van der Waals surface area (Å²) in [4.78, 5) is 3.91. The Labute approximate surface area is 155 Å². The van der Waals surface area contributed by atoms with Gasteiger partial charge in [0.05, 0.1) is 5.56 Å². The van der Waals surface area contributed by atoms with Gasteiger partial charge in [0.25, 0.3) is 0 Å². The molecule has 4 aromatic rings. The maximum absolute atomic E-state index is 13.1. The molecule has 1 aromatic carbocycles. The van der Waals surface area contributed by atoms with E-state index in [1.807, 2.05) is 0 Å². The molecule has 0 bridgehead atoms. The van der Waals surface area contributed by atoms with E-state index >= 15 is 0 Å². The number of hydrogen-bond acceptors (Lipinski definition) is 5. The highest BCUT2D eigenvalue weighted by atomic mass is 35.5. The van der Waals surface area contributed by atoms with E-state index in [2.05, 4.69) is 20.3 Å². The topological polar surface area (TPSA) is 65.2 Å². The van der Waals surface area contributed by atoms with Crippen molar-refractivity contribution in [3.05, 3.63) is 65.7 Å². The van der Waals surface area contributed by atoms with Crippen LogP contribution in [0.5, 0.6) is 11.6 Å². The minimum absolute atomic E-state index is 0.00734. The predicted molar refractivity (Wildman–Crippen MR) is 90.5 cm³/mol. The van der Waals surface area contributed by atoms with Crippen LogP contribution >= 0.6 is 11.6 Å². The zero-order valence-corrected chi connectivity index (χ0v) is 14.1. The fourth-order valence-electron chi connectivity index (χ4n) is 2.47. The number of aromatic nitrogens is 5. The molecule has 0 spiro atoms. The SMILES string of the molecule is FC(F)(F)c1ccc(-c2ccncc2)c(Oc2ccc3nnc(Cl)n3n2)c1. The Bertz CT molecular complexity index is 1110. The van der Waals surface area contributed by atoms with E-state index in [4.69, 9.17) is 16.3 Å². The van der Waals surface area contributed by atoms with Crippen molar-refractivity contribution in [3.63, 3.8) is 0 Å². The Morgan fingerprint density at radius 3 is 2.48 bits per heavy atom. The van der Waals surface area contributed by atoms with Crippen molar-refractivity contribution in [3.8, 4) is 22.8 Å². The third-order valence-electron chi connectivity index (χ3n) is 3.72. The van der Waals surface area contributed by atoms with Crippen LogP contribution in [-0.2, 0) is 6.18 Å². The lowest BCUT2D eigenvalue weighted by atomic mass is 10.0. The summed E-state index contributed by atoms with van der Waals surface area (Å²) < 4.78 is 46.3. The van der Waals surface area contributed by atoms with E-state index < -0.39 is 11.7 Å². The van der Waals surface area contributed by atoms with Crippen LogP contribution in [0.1, 0.15) is 5.56 Å². The van der Waals surface area contributed by atoms with Crippen LogP contribution in [-0.4, -0.2) is 24.8 Å². The molecule has 0 radical (unpaired) electrons. The van der Waals surface area contributed by atoms with Crippen LogP contribution in [0.2, 0.25) is 5.28 Å².